The molecule has 0 saturated carbocycles. The van der Waals surface area contributed by atoms with Gasteiger partial charge in [0.2, 0.25) is 5.89 Å². The fraction of sp³-hybridized carbons (Fsp3) is 0. The highest BCUT2D eigenvalue weighted by atomic mass is 79.9. The van der Waals surface area contributed by atoms with Crippen LogP contribution in [0.3, 0.4) is 0 Å². The summed E-state index contributed by atoms with van der Waals surface area (Å²) in [5, 5.41) is 13.8. The lowest BCUT2D eigenvalue weighted by Crippen LogP contribution is -1.99. The molecule has 0 radical (unpaired) electrons. The molecule has 2 aliphatic rings. The Morgan fingerprint density at radius 2 is 1.78 bits per heavy atom. The van der Waals surface area contributed by atoms with Crippen LogP contribution in [0.25, 0.3) is 39.7 Å². The van der Waals surface area contributed by atoms with Crippen molar-refractivity contribution < 1.29 is 4.42 Å². The van der Waals surface area contributed by atoms with E-state index in [1.54, 1.807) is 4.52 Å². The van der Waals surface area contributed by atoms with Crippen LogP contribution in [0.4, 0.5) is 0 Å². The molecule has 23 heavy (non-hydrogen) atoms. The minimum Gasteiger partial charge on any atom is -0.402 e. The largest absolute Gasteiger partial charge is 0.402 e. The van der Waals surface area contributed by atoms with Gasteiger partial charge in [-0.15, -0.1) is 10.2 Å². The minimum absolute atomic E-state index is 0.318. The summed E-state index contributed by atoms with van der Waals surface area (Å²) in [5.74, 6) is 1.44. The zero-order chi connectivity index (χ0) is 15.4. The number of halogens is 1. The molecule has 6 nitrogen and oxygen atoms in total. The normalized spacial score (nSPS) is 11.7. The molecule has 0 atom stereocenters. The van der Waals surface area contributed by atoms with Gasteiger partial charge in [-0.25, -0.2) is 4.98 Å². The minimum atomic E-state index is 0.318. The molecule has 7 heteroatoms. The highest BCUT2D eigenvalue weighted by molar-refractivity contribution is 9.10. The van der Waals surface area contributed by atoms with Gasteiger partial charge in [-0.3, -0.25) is 0 Å². The summed E-state index contributed by atoms with van der Waals surface area (Å²) >= 11 is 3.42. The molecule has 2 aromatic carbocycles. The molecule has 0 N–H and O–H groups in total. The van der Waals surface area contributed by atoms with Crippen LogP contribution in [0, 0.1) is 0 Å². The van der Waals surface area contributed by atoms with E-state index in [0.717, 1.165) is 20.9 Å². The Balaban J connectivity index is 1.78. The summed E-state index contributed by atoms with van der Waals surface area (Å²) in [4.78, 5) is 4.59. The summed E-state index contributed by atoms with van der Waals surface area (Å²) in [5.41, 5.74) is 2.45. The second kappa shape index (κ2) is 4.60. The van der Waals surface area contributed by atoms with Crippen molar-refractivity contribution >= 4 is 32.7 Å². The molecule has 110 valence electrons. The lowest BCUT2D eigenvalue weighted by Gasteiger charge is -1.95. The summed E-state index contributed by atoms with van der Waals surface area (Å²) in [6.45, 7) is 0. The van der Waals surface area contributed by atoms with Crippen molar-refractivity contribution in [1.82, 2.24) is 24.8 Å². The van der Waals surface area contributed by atoms with Crippen LogP contribution in [0.15, 0.2) is 57.4 Å². The molecule has 0 aliphatic carbocycles. The zero-order valence-electron chi connectivity index (χ0n) is 11.6. The molecule has 2 aliphatic heterocycles. The topological polar surface area (TPSA) is 69.1 Å². The third-order valence-corrected chi connectivity index (χ3v) is 4.21. The van der Waals surface area contributed by atoms with Crippen molar-refractivity contribution in [2.45, 2.75) is 0 Å². The smallest absolute Gasteiger partial charge is 0.346 e. The number of rotatable bonds is 1. The zero-order valence-corrected chi connectivity index (χ0v) is 13.2. The van der Waals surface area contributed by atoms with Gasteiger partial charge in [0.15, 0.2) is 5.82 Å². The van der Waals surface area contributed by atoms with Crippen molar-refractivity contribution in [2.24, 2.45) is 0 Å². The standard InChI is InChI=1S/C16H8BrN5O/c17-10-7-5-9(6-8-10)15-21-22-14-13(19-20-16(22)23-15)11-3-1-2-4-12(11)18-14/h1-8H. The summed E-state index contributed by atoms with van der Waals surface area (Å²) in [7, 11) is 0. The van der Waals surface area contributed by atoms with Crippen LogP contribution in [-0.4, -0.2) is 24.8 Å². The van der Waals surface area contributed by atoms with Crippen LogP contribution in [0.5, 0.6) is 0 Å². The lowest BCUT2D eigenvalue weighted by molar-refractivity contribution is 0.594. The number of aromatic nitrogens is 5. The van der Waals surface area contributed by atoms with Gasteiger partial charge in [0.25, 0.3) is 0 Å². The van der Waals surface area contributed by atoms with Crippen molar-refractivity contribution in [1.29, 1.82) is 0 Å². The van der Waals surface area contributed by atoms with Gasteiger partial charge in [-0.1, -0.05) is 39.2 Å². The predicted octanol–water partition coefficient (Wildman–Crippen LogP) is 3.80. The first-order chi connectivity index (χ1) is 11.3. The molecule has 0 fully saturated rings. The maximum atomic E-state index is 5.72. The number of hydrogen-bond donors (Lipinski definition) is 0. The van der Waals surface area contributed by atoms with Crippen molar-refractivity contribution in [3.8, 4) is 23.0 Å². The van der Waals surface area contributed by atoms with Gasteiger partial charge in [0, 0.05) is 15.4 Å². The Bertz CT molecular complexity index is 1130. The van der Waals surface area contributed by atoms with E-state index in [1.807, 2.05) is 48.5 Å². The Labute approximate surface area is 138 Å². The maximum absolute atomic E-state index is 5.72. The highest BCUT2D eigenvalue weighted by Gasteiger charge is 2.21. The molecule has 3 aromatic rings. The lowest BCUT2D eigenvalue weighted by atomic mass is 10.2. The fourth-order valence-electron chi connectivity index (χ4n) is 2.59. The third-order valence-electron chi connectivity index (χ3n) is 3.68. The monoisotopic (exact) mass is 365 g/mol. The molecule has 0 saturated heterocycles. The average molecular weight is 366 g/mol. The summed E-state index contributed by atoms with van der Waals surface area (Å²) in [6.07, 6.45) is 0. The SMILES string of the molecule is Brc1ccc(-c2nn3c4nc5ccccc5c-4nnc3o2)cc1. The Hall–Kier alpha value is -2.80. The average Bonchev–Trinajstić information content (AvgIpc) is 3.16. The Morgan fingerprint density at radius 3 is 2.65 bits per heavy atom. The number of nitrogens with zero attached hydrogens (tertiary/aromatic N) is 5. The molecular formula is C16H8BrN5O. The van der Waals surface area contributed by atoms with Crippen LogP contribution >= 0.6 is 15.9 Å². The maximum Gasteiger partial charge on any atom is 0.346 e. The first-order valence-electron chi connectivity index (χ1n) is 6.96. The van der Waals surface area contributed by atoms with E-state index in [4.69, 9.17) is 4.42 Å². The van der Waals surface area contributed by atoms with Crippen molar-refractivity contribution in [3.63, 3.8) is 0 Å². The van der Waals surface area contributed by atoms with Crippen LogP contribution in [0.1, 0.15) is 0 Å². The highest BCUT2D eigenvalue weighted by Crippen LogP contribution is 2.30. The van der Waals surface area contributed by atoms with Gasteiger partial charge < -0.3 is 4.42 Å². The molecular weight excluding hydrogens is 358 g/mol. The van der Waals surface area contributed by atoms with Gasteiger partial charge in [0.1, 0.15) is 5.69 Å². The fourth-order valence-corrected chi connectivity index (χ4v) is 2.86. The number of fused-ring (bicyclic) bond motifs is 5. The molecule has 0 bridgehead atoms. The number of benzene rings is 2. The predicted molar refractivity (Wildman–Crippen MR) is 88.1 cm³/mol. The van der Waals surface area contributed by atoms with Crippen molar-refractivity contribution in [2.75, 3.05) is 0 Å². The first-order valence-corrected chi connectivity index (χ1v) is 7.75. The van der Waals surface area contributed by atoms with Crippen LogP contribution < -0.4 is 0 Å². The summed E-state index contributed by atoms with van der Waals surface area (Å²) in [6, 6.07) is 15.5. The Morgan fingerprint density at radius 1 is 0.957 bits per heavy atom. The molecule has 1 aromatic heterocycles. The number of hydrogen-bond acceptors (Lipinski definition) is 5. The Kier molecular flexibility index (Phi) is 2.54. The molecule has 0 amide bonds. The molecule has 0 unspecified atom stereocenters. The van der Waals surface area contributed by atoms with E-state index in [9.17, 15) is 0 Å². The third kappa shape index (κ3) is 1.86. The van der Waals surface area contributed by atoms with E-state index in [2.05, 4.69) is 36.2 Å². The number of para-hydroxylation sites is 1. The van der Waals surface area contributed by atoms with E-state index >= 15 is 0 Å². The second-order valence-electron chi connectivity index (χ2n) is 5.11. The molecule has 3 heterocycles. The molecule has 5 rings (SSSR count). The van der Waals surface area contributed by atoms with E-state index in [-0.39, 0.29) is 0 Å². The molecule has 0 spiro atoms. The van der Waals surface area contributed by atoms with Gasteiger partial charge in [0.05, 0.1) is 5.52 Å². The summed E-state index contributed by atoms with van der Waals surface area (Å²) < 4.78 is 8.31. The van der Waals surface area contributed by atoms with Gasteiger partial charge >= 0.3 is 5.84 Å². The van der Waals surface area contributed by atoms with Gasteiger partial charge in [-0.2, -0.15) is 4.52 Å². The van der Waals surface area contributed by atoms with E-state index in [0.29, 0.717) is 23.3 Å². The first kappa shape index (κ1) is 12.7. The van der Waals surface area contributed by atoms with Crippen LogP contribution in [0.2, 0.25) is 0 Å². The van der Waals surface area contributed by atoms with E-state index in [1.165, 1.54) is 0 Å². The van der Waals surface area contributed by atoms with Crippen molar-refractivity contribution in [3.05, 3.63) is 53.0 Å². The van der Waals surface area contributed by atoms with E-state index < -0.39 is 0 Å². The van der Waals surface area contributed by atoms with Gasteiger partial charge in [-0.05, 0) is 30.3 Å². The quantitative estimate of drug-likeness (QED) is 0.451. The van der Waals surface area contributed by atoms with Crippen LogP contribution in [-0.2, 0) is 0 Å². The second-order valence-corrected chi connectivity index (χ2v) is 6.03.